The Morgan fingerprint density at radius 3 is 2.37 bits per heavy atom. The van der Waals surface area contributed by atoms with E-state index in [-0.39, 0.29) is 28.7 Å². The largest absolute Gasteiger partial charge is 0.464 e. The van der Waals surface area contributed by atoms with Crippen molar-refractivity contribution < 1.29 is 9.21 Å². The first-order valence-electron chi connectivity index (χ1n) is 9.88. The number of carbonyl (C=O) groups excluding carboxylic acids is 1. The number of nitrogens with one attached hydrogen (secondary N) is 2. The molecule has 3 aromatic rings. The van der Waals surface area contributed by atoms with Crippen molar-refractivity contribution in [1.82, 2.24) is 4.90 Å². The van der Waals surface area contributed by atoms with E-state index in [1.54, 1.807) is 18.0 Å². The Hall–Kier alpha value is -3.35. The molecule has 4 rings (SSSR count). The molecule has 2 aromatic carbocycles. The quantitative estimate of drug-likeness (QED) is 0.627. The molecule has 30 heavy (non-hydrogen) atoms. The molecule has 2 N–H and O–H groups in total. The van der Waals surface area contributed by atoms with Gasteiger partial charge in [-0.15, -0.1) is 0 Å². The number of hydrogen-bond acceptors (Lipinski definition) is 6. The summed E-state index contributed by atoms with van der Waals surface area (Å²) >= 11 is 0. The summed E-state index contributed by atoms with van der Waals surface area (Å²) in [6.45, 7) is 8.46. The first-order chi connectivity index (χ1) is 14.1. The molecule has 7 nitrogen and oxygen atoms in total. The number of hydrogen-bond donors (Lipinski definition) is 2. The van der Waals surface area contributed by atoms with Crippen molar-refractivity contribution in [3.63, 3.8) is 0 Å². The SMILES string of the molecule is Cc1ccc([C@H](Nc2c(Nc3cccc4c3C(=O)N(C)C4)c(=O)c2=O)C(C)(C)C)o1. The van der Waals surface area contributed by atoms with Crippen LogP contribution >= 0.6 is 0 Å². The summed E-state index contributed by atoms with van der Waals surface area (Å²) in [6.07, 6.45) is 0. The minimum atomic E-state index is -0.600. The van der Waals surface area contributed by atoms with Crippen LogP contribution in [0.5, 0.6) is 0 Å². The standard InChI is InChI=1S/C23H25N3O4/c1-12-9-10-15(30-12)21(23(2,3)4)25-18-17(19(27)20(18)28)24-14-8-6-7-13-11-26(5)22(29)16(13)14/h6-10,21,24-25H,11H2,1-5H3/t21-/m0/s1. The normalized spacial score (nSPS) is 14.8. The molecule has 0 radical (unpaired) electrons. The van der Waals surface area contributed by atoms with Crippen molar-refractivity contribution in [3.05, 3.63) is 73.4 Å². The lowest BCUT2D eigenvalue weighted by Gasteiger charge is -2.31. The molecule has 1 atom stereocenters. The summed E-state index contributed by atoms with van der Waals surface area (Å²) in [5.74, 6) is 1.35. The molecule has 1 aliphatic rings. The van der Waals surface area contributed by atoms with E-state index in [1.807, 2.05) is 52.0 Å². The average Bonchev–Trinajstić information content (AvgIpc) is 3.23. The van der Waals surface area contributed by atoms with Crippen LogP contribution < -0.4 is 21.5 Å². The highest BCUT2D eigenvalue weighted by Gasteiger charge is 2.34. The van der Waals surface area contributed by atoms with E-state index in [1.165, 1.54) is 0 Å². The summed E-state index contributed by atoms with van der Waals surface area (Å²) in [5, 5.41) is 6.26. The van der Waals surface area contributed by atoms with Gasteiger partial charge < -0.3 is 20.0 Å². The Balaban J connectivity index is 1.69. The molecular formula is C23H25N3O4. The maximum atomic E-state index is 12.5. The predicted molar refractivity (Wildman–Crippen MR) is 116 cm³/mol. The van der Waals surface area contributed by atoms with Gasteiger partial charge in [-0.1, -0.05) is 32.9 Å². The predicted octanol–water partition coefficient (Wildman–Crippen LogP) is 3.71. The molecule has 0 saturated carbocycles. The lowest BCUT2D eigenvalue weighted by molar-refractivity contribution is 0.0817. The van der Waals surface area contributed by atoms with Crippen molar-refractivity contribution in [2.24, 2.45) is 5.41 Å². The molecule has 0 fully saturated rings. The fraction of sp³-hybridized carbons (Fsp3) is 0.348. The number of nitrogens with zero attached hydrogens (tertiary/aromatic N) is 1. The van der Waals surface area contributed by atoms with Gasteiger partial charge >= 0.3 is 0 Å². The molecular weight excluding hydrogens is 382 g/mol. The van der Waals surface area contributed by atoms with Gasteiger partial charge in [-0.2, -0.15) is 0 Å². The van der Waals surface area contributed by atoms with Crippen LogP contribution in [-0.4, -0.2) is 17.9 Å². The van der Waals surface area contributed by atoms with E-state index in [2.05, 4.69) is 10.6 Å². The maximum Gasteiger partial charge on any atom is 0.256 e. The van der Waals surface area contributed by atoms with Gasteiger partial charge in [-0.25, -0.2) is 0 Å². The third-order valence-electron chi connectivity index (χ3n) is 5.49. The van der Waals surface area contributed by atoms with Crippen LogP contribution in [0.2, 0.25) is 0 Å². The Bertz CT molecular complexity index is 1210. The third kappa shape index (κ3) is 3.20. The van der Waals surface area contributed by atoms with E-state index >= 15 is 0 Å². The molecule has 2 heterocycles. The number of carbonyl (C=O) groups is 1. The molecule has 1 amide bonds. The lowest BCUT2D eigenvalue weighted by Crippen LogP contribution is -2.39. The van der Waals surface area contributed by atoms with Crippen LogP contribution in [0.25, 0.3) is 0 Å². The van der Waals surface area contributed by atoms with Crippen molar-refractivity contribution >= 4 is 23.0 Å². The second-order valence-electron chi connectivity index (χ2n) is 8.93. The Kier molecular flexibility index (Phi) is 4.56. The molecule has 1 aliphatic heterocycles. The Morgan fingerprint density at radius 2 is 1.73 bits per heavy atom. The van der Waals surface area contributed by atoms with Crippen LogP contribution in [0.15, 0.2) is 44.3 Å². The smallest absolute Gasteiger partial charge is 0.256 e. The minimum Gasteiger partial charge on any atom is -0.464 e. The molecule has 1 aromatic heterocycles. The van der Waals surface area contributed by atoms with Gasteiger partial charge in [-0.3, -0.25) is 14.4 Å². The molecule has 156 valence electrons. The van der Waals surface area contributed by atoms with Gasteiger partial charge in [0.25, 0.3) is 16.8 Å². The van der Waals surface area contributed by atoms with E-state index in [0.29, 0.717) is 23.6 Å². The van der Waals surface area contributed by atoms with E-state index < -0.39 is 10.9 Å². The maximum absolute atomic E-state index is 12.5. The molecule has 0 bridgehead atoms. The number of fused-ring (bicyclic) bond motifs is 1. The highest BCUT2D eigenvalue weighted by Crippen LogP contribution is 2.38. The molecule has 0 spiro atoms. The summed E-state index contributed by atoms with van der Waals surface area (Å²) in [7, 11) is 1.73. The van der Waals surface area contributed by atoms with Crippen LogP contribution in [0.4, 0.5) is 17.1 Å². The summed E-state index contributed by atoms with van der Waals surface area (Å²) < 4.78 is 5.79. The van der Waals surface area contributed by atoms with Gasteiger partial charge in [0, 0.05) is 13.6 Å². The minimum absolute atomic E-state index is 0.111. The van der Waals surface area contributed by atoms with Crippen LogP contribution in [0.1, 0.15) is 54.3 Å². The number of aryl methyl sites for hydroxylation is 1. The zero-order chi connectivity index (χ0) is 21.8. The van der Waals surface area contributed by atoms with Crippen LogP contribution in [-0.2, 0) is 6.54 Å². The number of amides is 1. The first kappa shape index (κ1) is 19.9. The molecule has 0 unspecified atom stereocenters. The number of rotatable bonds is 5. The lowest BCUT2D eigenvalue weighted by atomic mass is 9.85. The van der Waals surface area contributed by atoms with Crippen LogP contribution in [0.3, 0.4) is 0 Å². The average molecular weight is 407 g/mol. The van der Waals surface area contributed by atoms with Gasteiger partial charge in [0.05, 0.1) is 17.3 Å². The van der Waals surface area contributed by atoms with E-state index in [0.717, 1.165) is 11.3 Å². The van der Waals surface area contributed by atoms with Gasteiger partial charge in [-0.05, 0) is 36.1 Å². The van der Waals surface area contributed by atoms with E-state index in [4.69, 9.17) is 4.42 Å². The summed E-state index contributed by atoms with van der Waals surface area (Å²) in [5.41, 5.74) is 0.876. The topological polar surface area (TPSA) is 91.6 Å². The van der Waals surface area contributed by atoms with Crippen LogP contribution in [0, 0.1) is 12.3 Å². The van der Waals surface area contributed by atoms with Crippen molar-refractivity contribution in [2.75, 3.05) is 17.7 Å². The zero-order valence-corrected chi connectivity index (χ0v) is 17.8. The number of anilines is 3. The Morgan fingerprint density at radius 1 is 1.03 bits per heavy atom. The fourth-order valence-corrected chi connectivity index (χ4v) is 3.86. The highest BCUT2D eigenvalue weighted by atomic mass is 16.3. The monoisotopic (exact) mass is 407 g/mol. The van der Waals surface area contributed by atoms with Crippen molar-refractivity contribution in [2.45, 2.75) is 40.3 Å². The second kappa shape index (κ2) is 6.86. The summed E-state index contributed by atoms with van der Waals surface area (Å²) in [4.78, 5) is 38.9. The first-order valence-corrected chi connectivity index (χ1v) is 9.88. The second-order valence-corrected chi connectivity index (χ2v) is 8.93. The fourth-order valence-electron chi connectivity index (χ4n) is 3.86. The summed E-state index contributed by atoms with van der Waals surface area (Å²) in [6, 6.07) is 8.88. The zero-order valence-electron chi connectivity index (χ0n) is 17.8. The number of benzene rings is 1. The number of furan rings is 1. The van der Waals surface area contributed by atoms with Gasteiger partial charge in [0.1, 0.15) is 22.9 Å². The Labute approximate surface area is 174 Å². The third-order valence-corrected chi connectivity index (χ3v) is 5.49. The van der Waals surface area contributed by atoms with Gasteiger partial charge in [0.2, 0.25) is 0 Å². The highest BCUT2D eigenvalue weighted by molar-refractivity contribution is 6.04. The van der Waals surface area contributed by atoms with E-state index in [9.17, 15) is 14.4 Å². The molecule has 7 heteroatoms. The van der Waals surface area contributed by atoms with Crippen molar-refractivity contribution in [1.29, 1.82) is 0 Å². The molecule has 0 aliphatic carbocycles. The van der Waals surface area contributed by atoms with Gasteiger partial charge in [0.15, 0.2) is 0 Å². The van der Waals surface area contributed by atoms with Crippen molar-refractivity contribution in [3.8, 4) is 0 Å². The molecule has 0 saturated heterocycles.